The number of hydrogen-bond donors (Lipinski definition) is 1. The quantitative estimate of drug-likeness (QED) is 0.796. The minimum Gasteiger partial charge on any atom is -0.481 e. The van der Waals surface area contributed by atoms with E-state index in [9.17, 15) is 14.7 Å². The highest BCUT2D eigenvalue weighted by atomic mass is 35.5. The summed E-state index contributed by atoms with van der Waals surface area (Å²) in [5.41, 5.74) is 0.488. The Morgan fingerprint density at radius 1 is 1.42 bits per heavy atom. The maximum atomic E-state index is 12.8. The third-order valence-corrected chi connectivity index (χ3v) is 5.00. The van der Waals surface area contributed by atoms with E-state index in [2.05, 4.69) is 0 Å². The predicted molar refractivity (Wildman–Crippen MR) is 92.5 cm³/mol. The Kier molecular flexibility index (Phi) is 6.24. The van der Waals surface area contributed by atoms with Crippen molar-refractivity contribution >= 4 is 23.5 Å². The molecule has 0 saturated carbocycles. The Balaban J connectivity index is 2.20. The molecule has 2 rings (SSSR count). The van der Waals surface area contributed by atoms with Crippen LogP contribution < -0.4 is 0 Å². The zero-order valence-electron chi connectivity index (χ0n) is 14.2. The highest BCUT2D eigenvalue weighted by molar-refractivity contribution is 6.33. The minimum atomic E-state index is -0.900. The molecule has 0 aliphatic carbocycles. The summed E-state index contributed by atoms with van der Waals surface area (Å²) in [6.07, 6.45) is 2.42. The first-order valence-corrected chi connectivity index (χ1v) is 8.55. The van der Waals surface area contributed by atoms with Gasteiger partial charge in [-0.1, -0.05) is 23.2 Å². The van der Waals surface area contributed by atoms with Crippen molar-refractivity contribution < 1.29 is 19.4 Å². The van der Waals surface area contributed by atoms with E-state index in [4.69, 9.17) is 16.3 Å². The summed E-state index contributed by atoms with van der Waals surface area (Å²) in [4.78, 5) is 26.4. The fourth-order valence-corrected chi connectivity index (χ4v) is 3.52. The van der Waals surface area contributed by atoms with Gasteiger partial charge in [0.25, 0.3) is 5.91 Å². The number of likely N-dealkylation sites (tertiary alicyclic amines) is 1. The first-order valence-electron chi connectivity index (χ1n) is 8.17. The average Bonchev–Trinajstić information content (AvgIpc) is 2.57. The highest BCUT2D eigenvalue weighted by Gasteiger charge is 2.43. The van der Waals surface area contributed by atoms with Crippen molar-refractivity contribution in [2.24, 2.45) is 5.41 Å². The van der Waals surface area contributed by atoms with Gasteiger partial charge in [-0.05, 0) is 44.7 Å². The standard InChI is InChI=1S/C18H24ClNO4/c1-13-5-6-15(19)14(11-13)16(21)20-9-3-7-18(12-20,17(22)23)8-4-10-24-2/h5-6,11H,3-4,7-10,12H2,1-2H3,(H,22,23)/t18-/m0/s1. The second-order valence-electron chi connectivity index (χ2n) is 6.50. The van der Waals surface area contributed by atoms with Crippen LogP contribution in [0.2, 0.25) is 5.02 Å². The number of hydrogen-bond acceptors (Lipinski definition) is 3. The van der Waals surface area contributed by atoms with Crippen molar-refractivity contribution in [1.82, 2.24) is 4.90 Å². The molecular formula is C18H24ClNO4. The molecular weight excluding hydrogens is 330 g/mol. The molecule has 1 aliphatic heterocycles. The highest BCUT2D eigenvalue weighted by Crippen LogP contribution is 2.36. The van der Waals surface area contributed by atoms with Gasteiger partial charge in [0.2, 0.25) is 0 Å². The molecule has 1 fully saturated rings. The van der Waals surface area contributed by atoms with Gasteiger partial charge in [0.1, 0.15) is 0 Å². The van der Waals surface area contributed by atoms with E-state index in [0.717, 1.165) is 5.56 Å². The lowest BCUT2D eigenvalue weighted by atomic mass is 9.76. The first-order chi connectivity index (χ1) is 11.4. The molecule has 1 aromatic rings. The van der Waals surface area contributed by atoms with Crippen LogP contribution in [0.4, 0.5) is 0 Å². The summed E-state index contributed by atoms with van der Waals surface area (Å²) in [6.45, 7) is 3.19. The molecule has 6 heteroatoms. The van der Waals surface area contributed by atoms with E-state index >= 15 is 0 Å². The molecule has 1 amide bonds. The number of carbonyl (C=O) groups is 2. The summed E-state index contributed by atoms with van der Waals surface area (Å²) >= 11 is 6.17. The number of amides is 1. The third-order valence-electron chi connectivity index (χ3n) is 4.67. The molecule has 1 aromatic carbocycles. The Labute approximate surface area is 147 Å². The van der Waals surface area contributed by atoms with Crippen LogP contribution in [0, 0.1) is 12.3 Å². The van der Waals surface area contributed by atoms with Crippen molar-refractivity contribution in [2.45, 2.75) is 32.6 Å². The van der Waals surface area contributed by atoms with E-state index in [1.807, 2.05) is 13.0 Å². The van der Waals surface area contributed by atoms with Gasteiger partial charge >= 0.3 is 5.97 Å². The van der Waals surface area contributed by atoms with Gasteiger partial charge in [0.05, 0.1) is 16.0 Å². The molecule has 132 valence electrons. The van der Waals surface area contributed by atoms with Crippen LogP contribution in [-0.2, 0) is 9.53 Å². The maximum Gasteiger partial charge on any atom is 0.311 e. The number of piperidine rings is 1. The van der Waals surface area contributed by atoms with Gasteiger partial charge in [-0.25, -0.2) is 0 Å². The number of ether oxygens (including phenoxy) is 1. The van der Waals surface area contributed by atoms with E-state index in [-0.39, 0.29) is 12.5 Å². The summed E-state index contributed by atoms with van der Waals surface area (Å²) in [5.74, 6) is -1.03. The summed E-state index contributed by atoms with van der Waals surface area (Å²) in [6, 6.07) is 5.31. The molecule has 1 aliphatic rings. The van der Waals surface area contributed by atoms with Gasteiger partial charge in [-0.2, -0.15) is 0 Å². The van der Waals surface area contributed by atoms with Crippen LogP contribution in [0.15, 0.2) is 18.2 Å². The van der Waals surface area contributed by atoms with Crippen molar-refractivity contribution in [3.05, 3.63) is 34.3 Å². The molecule has 1 heterocycles. The topological polar surface area (TPSA) is 66.8 Å². The van der Waals surface area contributed by atoms with Crippen LogP contribution >= 0.6 is 11.6 Å². The molecule has 0 radical (unpaired) electrons. The molecule has 5 nitrogen and oxygen atoms in total. The van der Waals surface area contributed by atoms with E-state index in [1.54, 1.807) is 24.1 Å². The molecule has 0 aromatic heterocycles. The van der Waals surface area contributed by atoms with Crippen LogP contribution in [0.25, 0.3) is 0 Å². The van der Waals surface area contributed by atoms with Crippen LogP contribution in [0.1, 0.15) is 41.6 Å². The lowest BCUT2D eigenvalue weighted by Crippen LogP contribution is -2.50. The molecule has 0 unspecified atom stereocenters. The SMILES string of the molecule is COCCC[C@@]1(C(=O)O)CCCN(C(=O)c2cc(C)ccc2Cl)C1. The summed E-state index contributed by atoms with van der Waals surface area (Å²) < 4.78 is 5.04. The normalized spacial score (nSPS) is 20.9. The number of benzene rings is 1. The molecule has 24 heavy (non-hydrogen) atoms. The van der Waals surface area contributed by atoms with Crippen molar-refractivity contribution in [1.29, 1.82) is 0 Å². The van der Waals surface area contributed by atoms with Crippen molar-refractivity contribution in [2.75, 3.05) is 26.8 Å². The van der Waals surface area contributed by atoms with Gasteiger partial charge in [-0.3, -0.25) is 9.59 Å². The van der Waals surface area contributed by atoms with Crippen LogP contribution in [-0.4, -0.2) is 48.7 Å². The van der Waals surface area contributed by atoms with Crippen LogP contribution in [0.3, 0.4) is 0 Å². The number of nitrogens with zero attached hydrogens (tertiary/aromatic N) is 1. The summed E-state index contributed by atoms with van der Waals surface area (Å²) in [7, 11) is 1.60. The van der Waals surface area contributed by atoms with E-state index in [0.29, 0.717) is 49.4 Å². The number of carboxylic acid groups (broad SMARTS) is 1. The fourth-order valence-electron chi connectivity index (χ4n) is 3.32. The Morgan fingerprint density at radius 3 is 2.83 bits per heavy atom. The molecule has 1 atom stereocenters. The minimum absolute atomic E-state index is 0.194. The van der Waals surface area contributed by atoms with Gasteiger partial charge < -0.3 is 14.7 Å². The fraction of sp³-hybridized carbons (Fsp3) is 0.556. The monoisotopic (exact) mass is 353 g/mol. The molecule has 0 bridgehead atoms. The largest absolute Gasteiger partial charge is 0.481 e. The maximum absolute atomic E-state index is 12.8. The van der Waals surface area contributed by atoms with Gasteiger partial charge in [0, 0.05) is 26.8 Å². The van der Waals surface area contributed by atoms with E-state index < -0.39 is 11.4 Å². The zero-order chi connectivity index (χ0) is 17.7. The molecule has 1 saturated heterocycles. The molecule has 0 spiro atoms. The second kappa shape index (κ2) is 7.99. The third kappa shape index (κ3) is 4.08. The number of rotatable bonds is 6. The zero-order valence-corrected chi connectivity index (χ0v) is 14.9. The number of carbonyl (C=O) groups excluding carboxylic acids is 1. The predicted octanol–water partition coefficient (Wildman–Crippen LogP) is 3.38. The lowest BCUT2D eigenvalue weighted by molar-refractivity contribution is -0.152. The number of aliphatic carboxylic acids is 1. The number of aryl methyl sites for hydroxylation is 1. The Bertz CT molecular complexity index is 619. The summed E-state index contributed by atoms with van der Waals surface area (Å²) in [5, 5.41) is 10.2. The van der Waals surface area contributed by atoms with Gasteiger partial charge in [0.15, 0.2) is 0 Å². The van der Waals surface area contributed by atoms with Crippen molar-refractivity contribution in [3.63, 3.8) is 0 Å². The lowest BCUT2D eigenvalue weighted by Gasteiger charge is -2.40. The Morgan fingerprint density at radius 2 is 2.17 bits per heavy atom. The molecule has 1 N–H and O–H groups in total. The second-order valence-corrected chi connectivity index (χ2v) is 6.90. The van der Waals surface area contributed by atoms with Crippen LogP contribution in [0.5, 0.6) is 0 Å². The number of methoxy groups -OCH3 is 1. The van der Waals surface area contributed by atoms with Crippen molar-refractivity contribution in [3.8, 4) is 0 Å². The smallest absolute Gasteiger partial charge is 0.311 e. The first kappa shape index (κ1) is 18.7. The van der Waals surface area contributed by atoms with Gasteiger partial charge in [-0.15, -0.1) is 0 Å². The van der Waals surface area contributed by atoms with E-state index in [1.165, 1.54) is 0 Å². The Hall–Kier alpha value is -1.59. The number of carboxylic acids is 1. The number of halogens is 1. The average molecular weight is 354 g/mol.